The van der Waals surface area contributed by atoms with Crippen LogP contribution in [0.2, 0.25) is 5.02 Å². The van der Waals surface area contributed by atoms with E-state index in [1.807, 2.05) is 27.7 Å². The van der Waals surface area contributed by atoms with E-state index >= 15 is 0 Å². The molecule has 0 atom stereocenters. The molecular weight excluding hydrogens is 429 g/mol. The van der Waals surface area contributed by atoms with Crippen molar-refractivity contribution in [3.8, 4) is 11.3 Å². The number of carbonyl (C=O) groups is 1. The van der Waals surface area contributed by atoms with Crippen LogP contribution in [0, 0.1) is 5.82 Å². The molecule has 4 N–H and O–H groups in total. The first-order chi connectivity index (χ1) is 15.4. The summed E-state index contributed by atoms with van der Waals surface area (Å²) in [6.07, 6.45) is 4.79. The van der Waals surface area contributed by atoms with Gasteiger partial charge in [0.2, 0.25) is 0 Å². The fourth-order valence-corrected chi connectivity index (χ4v) is 3.16. The highest BCUT2D eigenvalue weighted by molar-refractivity contribution is 6.30. The van der Waals surface area contributed by atoms with Gasteiger partial charge in [-0.15, -0.1) is 0 Å². The van der Waals surface area contributed by atoms with Crippen molar-refractivity contribution in [1.82, 2.24) is 15.3 Å². The molecule has 0 bridgehead atoms. The van der Waals surface area contributed by atoms with E-state index in [2.05, 4.69) is 20.6 Å². The van der Waals surface area contributed by atoms with Gasteiger partial charge < -0.3 is 16.4 Å². The molecule has 2 aromatic heterocycles. The van der Waals surface area contributed by atoms with E-state index in [-0.39, 0.29) is 11.8 Å². The Labute approximate surface area is 193 Å². The minimum Gasteiger partial charge on any atom is -0.354 e. The van der Waals surface area contributed by atoms with Gasteiger partial charge in [0, 0.05) is 48.0 Å². The lowest BCUT2D eigenvalue weighted by Crippen LogP contribution is -2.29. The molecule has 0 radical (unpaired) electrons. The van der Waals surface area contributed by atoms with Gasteiger partial charge in [-0.25, -0.2) is 4.39 Å². The fourth-order valence-electron chi connectivity index (χ4n) is 2.99. The lowest BCUT2D eigenvalue weighted by molar-refractivity contribution is 0.0955. The van der Waals surface area contributed by atoms with Crippen molar-refractivity contribution in [3.63, 3.8) is 0 Å². The molecule has 170 valence electrons. The molecule has 0 aliphatic rings. The highest BCUT2D eigenvalue weighted by Crippen LogP contribution is 2.33. The molecule has 2 heterocycles. The van der Waals surface area contributed by atoms with Crippen molar-refractivity contribution in [2.45, 2.75) is 33.6 Å². The predicted octanol–water partition coefficient (Wildman–Crippen LogP) is 5.52. The summed E-state index contributed by atoms with van der Waals surface area (Å²) in [4.78, 5) is 21.0. The van der Waals surface area contributed by atoms with Gasteiger partial charge in [-0.05, 0) is 41.8 Å². The number of nitrogens with one attached hydrogen (secondary N) is 2. The Morgan fingerprint density at radius 2 is 1.91 bits per heavy atom. The Bertz CT molecular complexity index is 1060. The molecule has 1 aromatic carbocycles. The average molecular weight is 458 g/mol. The number of hydrogen-bond donors (Lipinski definition) is 3. The summed E-state index contributed by atoms with van der Waals surface area (Å²) in [5.41, 5.74) is 8.80. The van der Waals surface area contributed by atoms with Gasteiger partial charge in [-0.3, -0.25) is 14.8 Å². The molecule has 0 fully saturated rings. The SMILES string of the molecule is CC.CC(C)c1cnc(-c2cc(Cl)ccc2F)cc1Nc1ccncc1C(=O)NCCN. The van der Waals surface area contributed by atoms with E-state index in [4.69, 9.17) is 17.3 Å². The Balaban J connectivity index is 0.00000176. The molecule has 0 unspecified atom stereocenters. The zero-order valence-electron chi connectivity index (χ0n) is 18.7. The molecule has 0 saturated heterocycles. The predicted molar refractivity (Wildman–Crippen MR) is 129 cm³/mol. The van der Waals surface area contributed by atoms with Gasteiger partial charge >= 0.3 is 0 Å². The number of halogens is 2. The molecule has 8 heteroatoms. The number of hydrogen-bond acceptors (Lipinski definition) is 5. The molecule has 0 saturated carbocycles. The van der Waals surface area contributed by atoms with Crippen LogP contribution >= 0.6 is 11.6 Å². The number of benzene rings is 1. The molecule has 0 spiro atoms. The molecule has 6 nitrogen and oxygen atoms in total. The van der Waals surface area contributed by atoms with Crippen LogP contribution in [-0.4, -0.2) is 29.0 Å². The maximum Gasteiger partial charge on any atom is 0.255 e. The first-order valence-electron chi connectivity index (χ1n) is 10.6. The van der Waals surface area contributed by atoms with Crippen LogP contribution in [0.15, 0.2) is 48.9 Å². The normalized spacial score (nSPS) is 10.4. The number of nitrogens with two attached hydrogens (primary N) is 1. The number of aromatic nitrogens is 2. The van der Waals surface area contributed by atoms with E-state index in [0.717, 1.165) is 5.56 Å². The van der Waals surface area contributed by atoms with E-state index < -0.39 is 5.82 Å². The highest BCUT2D eigenvalue weighted by atomic mass is 35.5. The largest absolute Gasteiger partial charge is 0.354 e. The third-order valence-electron chi connectivity index (χ3n) is 4.53. The van der Waals surface area contributed by atoms with Gasteiger partial charge in [0.15, 0.2) is 0 Å². The minimum atomic E-state index is -0.416. The summed E-state index contributed by atoms with van der Waals surface area (Å²) in [5.74, 6) is -0.548. The second kappa shape index (κ2) is 12.1. The van der Waals surface area contributed by atoms with Gasteiger partial charge in [-0.1, -0.05) is 39.3 Å². The van der Waals surface area contributed by atoms with Crippen LogP contribution in [0.3, 0.4) is 0 Å². The van der Waals surface area contributed by atoms with Crippen molar-refractivity contribution in [2.75, 3.05) is 18.4 Å². The molecule has 3 rings (SSSR count). The van der Waals surface area contributed by atoms with E-state index in [1.165, 1.54) is 24.4 Å². The molecule has 0 aliphatic carbocycles. The van der Waals surface area contributed by atoms with Gasteiger partial charge in [0.05, 0.1) is 16.9 Å². The van der Waals surface area contributed by atoms with Crippen molar-refractivity contribution in [1.29, 1.82) is 0 Å². The van der Waals surface area contributed by atoms with Crippen LogP contribution in [-0.2, 0) is 0 Å². The number of rotatable bonds is 7. The van der Waals surface area contributed by atoms with Crippen molar-refractivity contribution < 1.29 is 9.18 Å². The third-order valence-corrected chi connectivity index (χ3v) is 4.76. The van der Waals surface area contributed by atoms with E-state index in [1.54, 1.807) is 24.5 Å². The molecule has 32 heavy (non-hydrogen) atoms. The van der Waals surface area contributed by atoms with E-state index in [0.29, 0.717) is 46.3 Å². The van der Waals surface area contributed by atoms with Crippen molar-refractivity contribution in [3.05, 3.63) is 70.9 Å². The summed E-state index contributed by atoms with van der Waals surface area (Å²) < 4.78 is 14.4. The lowest BCUT2D eigenvalue weighted by atomic mass is 10.0. The quantitative estimate of drug-likeness (QED) is 0.434. The van der Waals surface area contributed by atoms with Crippen LogP contribution in [0.25, 0.3) is 11.3 Å². The second-order valence-electron chi connectivity index (χ2n) is 7.03. The summed E-state index contributed by atoms with van der Waals surface area (Å²) in [6.45, 7) is 8.76. The fraction of sp³-hybridized carbons (Fsp3) is 0.292. The number of pyridine rings is 2. The number of amides is 1. The monoisotopic (exact) mass is 457 g/mol. The number of carbonyl (C=O) groups excluding carboxylic acids is 1. The van der Waals surface area contributed by atoms with Crippen molar-refractivity contribution in [2.24, 2.45) is 5.73 Å². The maximum absolute atomic E-state index is 14.4. The zero-order valence-corrected chi connectivity index (χ0v) is 19.5. The topological polar surface area (TPSA) is 92.9 Å². The Hall–Kier alpha value is -3.03. The Morgan fingerprint density at radius 1 is 1.16 bits per heavy atom. The molecular formula is C24H29ClFN5O. The van der Waals surface area contributed by atoms with Gasteiger partial charge in [0.25, 0.3) is 5.91 Å². The summed E-state index contributed by atoms with van der Waals surface area (Å²) in [7, 11) is 0. The Morgan fingerprint density at radius 3 is 2.59 bits per heavy atom. The standard InChI is InChI=1S/C22H23ClFN5O.C2H6/c1-13(2)16-12-28-20(15-9-14(23)3-4-18(15)24)10-21(16)29-19-5-7-26-11-17(19)22(30)27-8-6-25;1-2/h3-5,7,9-13H,6,8,25H2,1-2H3,(H,27,30)(H,26,28,29);1-2H3. The zero-order chi connectivity index (χ0) is 23.7. The maximum atomic E-state index is 14.4. The average Bonchev–Trinajstić information content (AvgIpc) is 2.80. The number of nitrogens with zero attached hydrogens (tertiary/aromatic N) is 2. The van der Waals surface area contributed by atoms with Crippen LogP contribution < -0.4 is 16.4 Å². The van der Waals surface area contributed by atoms with Gasteiger partial charge in [0.1, 0.15) is 5.82 Å². The van der Waals surface area contributed by atoms with Crippen LogP contribution in [0.4, 0.5) is 15.8 Å². The van der Waals surface area contributed by atoms with Crippen LogP contribution in [0.5, 0.6) is 0 Å². The summed E-state index contributed by atoms with van der Waals surface area (Å²) in [5, 5.41) is 6.46. The molecule has 3 aromatic rings. The smallest absolute Gasteiger partial charge is 0.255 e. The number of anilines is 2. The summed E-state index contributed by atoms with van der Waals surface area (Å²) in [6, 6.07) is 7.81. The van der Waals surface area contributed by atoms with Crippen molar-refractivity contribution >= 4 is 28.9 Å². The second-order valence-corrected chi connectivity index (χ2v) is 7.46. The third kappa shape index (κ3) is 6.24. The highest BCUT2D eigenvalue weighted by Gasteiger charge is 2.16. The first kappa shape index (κ1) is 25.2. The Kier molecular flexibility index (Phi) is 9.56. The molecule has 1 amide bonds. The van der Waals surface area contributed by atoms with Crippen LogP contribution in [0.1, 0.15) is 49.5 Å². The van der Waals surface area contributed by atoms with Gasteiger partial charge in [-0.2, -0.15) is 0 Å². The summed E-state index contributed by atoms with van der Waals surface area (Å²) >= 11 is 6.04. The van der Waals surface area contributed by atoms with E-state index in [9.17, 15) is 9.18 Å². The molecule has 0 aliphatic heterocycles. The first-order valence-corrected chi connectivity index (χ1v) is 10.9. The minimum absolute atomic E-state index is 0.148. The lowest BCUT2D eigenvalue weighted by Gasteiger charge is -2.18.